The third kappa shape index (κ3) is 3.32. The Morgan fingerprint density at radius 2 is 1.65 bits per heavy atom. The lowest BCUT2D eigenvalue weighted by molar-refractivity contribution is -0.138. The van der Waals surface area contributed by atoms with Crippen LogP contribution >= 0.6 is 11.8 Å². The Bertz CT molecular complexity index is 842. The van der Waals surface area contributed by atoms with Crippen molar-refractivity contribution in [2.45, 2.75) is 23.8 Å². The van der Waals surface area contributed by atoms with E-state index in [1.165, 1.54) is 16.7 Å². The fraction of sp³-hybridized carbons (Fsp3) is 0.238. The normalized spacial score (nSPS) is 20.3. The number of imide groups is 1. The highest BCUT2D eigenvalue weighted by Gasteiger charge is 2.40. The van der Waals surface area contributed by atoms with Crippen LogP contribution in [0.4, 0.5) is 0 Å². The standard InChI is InChI=1S/C21H19NO3S/c23-20-18(15-8-3-1-4-9-15)19(26-17-11-5-2-6-12-17)21(24)22(20)14-16-10-7-13-25-16/h1-6,8-9,11-12,16H,7,10,13-14H2. The van der Waals surface area contributed by atoms with Crippen LogP contribution in [0.25, 0.3) is 5.57 Å². The van der Waals surface area contributed by atoms with Crippen molar-refractivity contribution in [3.8, 4) is 0 Å². The summed E-state index contributed by atoms with van der Waals surface area (Å²) < 4.78 is 5.63. The van der Waals surface area contributed by atoms with E-state index in [4.69, 9.17) is 4.74 Å². The van der Waals surface area contributed by atoms with E-state index in [1.807, 2.05) is 60.7 Å². The SMILES string of the molecule is O=C1C(Sc2ccccc2)=C(c2ccccc2)C(=O)N1CC1CCCO1. The number of thioether (sulfide) groups is 1. The Balaban J connectivity index is 1.69. The van der Waals surface area contributed by atoms with Gasteiger partial charge in [-0.2, -0.15) is 0 Å². The molecule has 2 amide bonds. The minimum atomic E-state index is -0.227. The van der Waals surface area contributed by atoms with Crippen molar-refractivity contribution in [3.63, 3.8) is 0 Å². The van der Waals surface area contributed by atoms with Gasteiger partial charge >= 0.3 is 0 Å². The summed E-state index contributed by atoms with van der Waals surface area (Å²) in [5.41, 5.74) is 1.27. The number of carbonyl (C=O) groups excluding carboxylic acids is 2. The van der Waals surface area contributed by atoms with Crippen LogP contribution in [0.15, 0.2) is 70.5 Å². The molecule has 1 saturated heterocycles. The van der Waals surface area contributed by atoms with Gasteiger partial charge in [0.05, 0.1) is 23.1 Å². The first-order valence-electron chi connectivity index (χ1n) is 8.74. The number of rotatable bonds is 5. The van der Waals surface area contributed by atoms with E-state index < -0.39 is 0 Å². The fourth-order valence-electron chi connectivity index (χ4n) is 3.27. The average Bonchev–Trinajstić information content (AvgIpc) is 3.27. The maximum atomic E-state index is 13.1. The summed E-state index contributed by atoms with van der Waals surface area (Å²) in [5, 5.41) is 0. The molecule has 1 unspecified atom stereocenters. The minimum absolute atomic E-state index is 0.0546. The van der Waals surface area contributed by atoms with Gasteiger partial charge in [-0.25, -0.2) is 0 Å². The first-order valence-corrected chi connectivity index (χ1v) is 9.56. The van der Waals surface area contributed by atoms with Gasteiger partial charge in [0, 0.05) is 11.5 Å². The monoisotopic (exact) mass is 365 g/mol. The Morgan fingerprint density at radius 3 is 2.31 bits per heavy atom. The van der Waals surface area contributed by atoms with Crippen molar-refractivity contribution in [3.05, 3.63) is 71.1 Å². The molecule has 2 aromatic carbocycles. The molecule has 2 heterocycles. The zero-order chi connectivity index (χ0) is 17.9. The largest absolute Gasteiger partial charge is 0.376 e. The number of nitrogens with zero attached hydrogens (tertiary/aromatic N) is 1. The van der Waals surface area contributed by atoms with Gasteiger partial charge in [0.1, 0.15) is 0 Å². The third-order valence-corrected chi connectivity index (χ3v) is 5.65. The average molecular weight is 365 g/mol. The molecule has 0 aliphatic carbocycles. The molecule has 0 N–H and O–H groups in total. The summed E-state index contributed by atoms with van der Waals surface area (Å²) in [6.07, 6.45) is 1.81. The van der Waals surface area contributed by atoms with Gasteiger partial charge in [-0.3, -0.25) is 14.5 Å². The van der Waals surface area contributed by atoms with Crippen molar-refractivity contribution in [1.29, 1.82) is 0 Å². The lowest BCUT2D eigenvalue weighted by atomic mass is 10.1. The van der Waals surface area contributed by atoms with Crippen LogP contribution < -0.4 is 0 Å². The summed E-state index contributed by atoms with van der Waals surface area (Å²) in [6.45, 7) is 1.03. The summed E-state index contributed by atoms with van der Waals surface area (Å²) >= 11 is 1.35. The van der Waals surface area contributed by atoms with Gasteiger partial charge in [-0.1, -0.05) is 60.3 Å². The number of benzene rings is 2. The molecule has 2 aliphatic rings. The molecule has 4 rings (SSSR count). The predicted octanol–water partition coefficient (Wildman–Crippen LogP) is 3.74. The molecule has 0 saturated carbocycles. The van der Waals surface area contributed by atoms with E-state index in [0.29, 0.717) is 23.6 Å². The molecule has 2 aliphatic heterocycles. The van der Waals surface area contributed by atoms with Crippen LogP contribution in [0.1, 0.15) is 18.4 Å². The highest BCUT2D eigenvalue weighted by molar-refractivity contribution is 8.04. The molecule has 0 bridgehead atoms. The first kappa shape index (κ1) is 17.1. The number of amides is 2. The second-order valence-corrected chi connectivity index (χ2v) is 7.42. The Kier molecular flexibility index (Phi) is 4.91. The van der Waals surface area contributed by atoms with Crippen LogP contribution in [0.5, 0.6) is 0 Å². The number of hydrogen-bond donors (Lipinski definition) is 0. The van der Waals surface area contributed by atoms with Crippen molar-refractivity contribution >= 4 is 29.1 Å². The maximum absolute atomic E-state index is 13.1. The molecule has 0 spiro atoms. The molecule has 1 atom stereocenters. The molecular weight excluding hydrogens is 346 g/mol. The van der Waals surface area contributed by atoms with E-state index in [0.717, 1.165) is 23.3 Å². The fourth-order valence-corrected chi connectivity index (χ4v) is 4.31. The van der Waals surface area contributed by atoms with Crippen LogP contribution in [-0.4, -0.2) is 36.0 Å². The molecule has 5 heteroatoms. The van der Waals surface area contributed by atoms with E-state index >= 15 is 0 Å². The Morgan fingerprint density at radius 1 is 0.962 bits per heavy atom. The Labute approximate surface area is 156 Å². The predicted molar refractivity (Wildman–Crippen MR) is 101 cm³/mol. The highest BCUT2D eigenvalue weighted by atomic mass is 32.2. The second-order valence-electron chi connectivity index (χ2n) is 6.34. The van der Waals surface area contributed by atoms with Crippen LogP contribution in [0.2, 0.25) is 0 Å². The lowest BCUT2D eigenvalue weighted by Crippen LogP contribution is -2.37. The van der Waals surface area contributed by atoms with E-state index in [9.17, 15) is 9.59 Å². The summed E-state index contributed by atoms with van der Waals surface area (Å²) in [5.74, 6) is -0.451. The van der Waals surface area contributed by atoms with Crippen molar-refractivity contribution in [1.82, 2.24) is 4.90 Å². The van der Waals surface area contributed by atoms with Gasteiger partial charge in [0.2, 0.25) is 0 Å². The molecule has 0 aromatic heterocycles. The van der Waals surface area contributed by atoms with Crippen LogP contribution in [-0.2, 0) is 14.3 Å². The maximum Gasteiger partial charge on any atom is 0.268 e. The summed E-state index contributed by atoms with van der Waals surface area (Å²) in [7, 11) is 0. The molecule has 4 nitrogen and oxygen atoms in total. The van der Waals surface area contributed by atoms with Gasteiger partial charge in [0.25, 0.3) is 11.8 Å². The van der Waals surface area contributed by atoms with Crippen LogP contribution in [0, 0.1) is 0 Å². The van der Waals surface area contributed by atoms with Crippen molar-refractivity contribution in [2.75, 3.05) is 13.2 Å². The molecular formula is C21H19NO3S. The van der Waals surface area contributed by atoms with Gasteiger partial charge in [0.15, 0.2) is 0 Å². The first-order chi connectivity index (χ1) is 12.7. The third-order valence-electron chi connectivity index (χ3n) is 4.56. The minimum Gasteiger partial charge on any atom is -0.376 e. The smallest absolute Gasteiger partial charge is 0.268 e. The summed E-state index contributed by atoms with van der Waals surface area (Å²) in [4.78, 5) is 28.9. The van der Waals surface area contributed by atoms with Crippen LogP contribution in [0.3, 0.4) is 0 Å². The van der Waals surface area contributed by atoms with Gasteiger partial charge in [-0.15, -0.1) is 0 Å². The van der Waals surface area contributed by atoms with E-state index in [1.54, 1.807) is 0 Å². The number of ether oxygens (including phenoxy) is 1. The van der Waals surface area contributed by atoms with Gasteiger partial charge < -0.3 is 4.74 Å². The molecule has 132 valence electrons. The molecule has 2 aromatic rings. The zero-order valence-electron chi connectivity index (χ0n) is 14.3. The molecule has 1 fully saturated rings. The lowest BCUT2D eigenvalue weighted by Gasteiger charge is -2.19. The van der Waals surface area contributed by atoms with Crippen molar-refractivity contribution in [2.24, 2.45) is 0 Å². The topological polar surface area (TPSA) is 46.6 Å². The summed E-state index contributed by atoms with van der Waals surface area (Å²) in [6, 6.07) is 19.1. The van der Waals surface area contributed by atoms with E-state index in [2.05, 4.69) is 0 Å². The van der Waals surface area contributed by atoms with Crippen molar-refractivity contribution < 1.29 is 14.3 Å². The van der Waals surface area contributed by atoms with E-state index in [-0.39, 0.29) is 17.9 Å². The number of hydrogen-bond acceptors (Lipinski definition) is 4. The highest BCUT2D eigenvalue weighted by Crippen LogP contribution is 2.39. The quantitative estimate of drug-likeness (QED) is 0.758. The number of carbonyl (C=O) groups is 2. The Hall–Kier alpha value is -2.37. The van der Waals surface area contributed by atoms with Gasteiger partial charge in [-0.05, 0) is 30.5 Å². The second kappa shape index (κ2) is 7.48. The molecule has 0 radical (unpaired) electrons. The molecule has 26 heavy (non-hydrogen) atoms. The zero-order valence-corrected chi connectivity index (χ0v) is 15.1.